The first-order valence-electron chi connectivity index (χ1n) is 3.94. The van der Waals surface area contributed by atoms with E-state index in [2.05, 4.69) is 15.9 Å². The summed E-state index contributed by atoms with van der Waals surface area (Å²) in [6, 6.07) is 3.66. The standard InChI is InChI=1S/C9H9BrN2O/c1-2-12-6-8(10)5-7(3-4-11)9(12)13/h5-6H,2-3H2,1H3. The van der Waals surface area contributed by atoms with Crippen molar-refractivity contribution in [2.75, 3.05) is 0 Å². The van der Waals surface area contributed by atoms with E-state index < -0.39 is 0 Å². The van der Waals surface area contributed by atoms with Gasteiger partial charge in [0.1, 0.15) is 0 Å². The Bertz CT molecular complexity index is 403. The van der Waals surface area contributed by atoms with Crippen LogP contribution in [0.15, 0.2) is 21.5 Å². The SMILES string of the molecule is CCn1cc(Br)cc(CC#N)c1=O. The molecule has 0 spiro atoms. The third-order valence-electron chi connectivity index (χ3n) is 1.74. The Morgan fingerprint density at radius 3 is 2.92 bits per heavy atom. The lowest BCUT2D eigenvalue weighted by molar-refractivity contribution is 0.715. The molecule has 68 valence electrons. The van der Waals surface area contributed by atoms with E-state index in [9.17, 15) is 4.79 Å². The van der Waals surface area contributed by atoms with Crippen LogP contribution in [0.25, 0.3) is 0 Å². The molecule has 1 heterocycles. The third-order valence-corrected chi connectivity index (χ3v) is 2.17. The van der Waals surface area contributed by atoms with E-state index >= 15 is 0 Å². The number of nitrogens with zero attached hydrogens (tertiary/aromatic N) is 2. The van der Waals surface area contributed by atoms with Gasteiger partial charge in [0.2, 0.25) is 0 Å². The molecular weight excluding hydrogens is 232 g/mol. The summed E-state index contributed by atoms with van der Waals surface area (Å²) in [4.78, 5) is 11.5. The average Bonchev–Trinajstić information content (AvgIpc) is 2.11. The van der Waals surface area contributed by atoms with Crippen LogP contribution in [0.1, 0.15) is 12.5 Å². The number of halogens is 1. The Hall–Kier alpha value is -1.08. The molecule has 0 fully saturated rings. The Morgan fingerprint density at radius 2 is 2.38 bits per heavy atom. The van der Waals surface area contributed by atoms with Gasteiger partial charge in [-0.3, -0.25) is 4.79 Å². The van der Waals surface area contributed by atoms with Crippen molar-refractivity contribution in [1.29, 1.82) is 5.26 Å². The lowest BCUT2D eigenvalue weighted by atomic mass is 10.2. The number of aryl methyl sites for hydroxylation is 1. The van der Waals surface area contributed by atoms with Gasteiger partial charge in [-0.05, 0) is 28.9 Å². The number of rotatable bonds is 2. The summed E-state index contributed by atoms with van der Waals surface area (Å²) in [6.07, 6.45) is 1.89. The second-order valence-electron chi connectivity index (χ2n) is 2.61. The van der Waals surface area contributed by atoms with Crippen LogP contribution in [0.2, 0.25) is 0 Å². The zero-order valence-corrected chi connectivity index (χ0v) is 8.84. The lowest BCUT2D eigenvalue weighted by Gasteiger charge is -2.04. The average molecular weight is 241 g/mol. The van der Waals surface area contributed by atoms with Gasteiger partial charge in [-0.1, -0.05) is 0 Å². The van der Waals surface area contributed by atoms with Crippen molar-refractivity contribution in [3.63, 3.8) is 0 Å². The molecule has 0 amide bonds. The maximum atomic E-state index is 11.5. The summed E-state index contributed by atoms with van der Waals surface area (Å²) < 4.78 is 2.41. The van der Waals surface area contributed by atoms with Gasteiger partial charge >= 0.3 is 0 Å². The monoisotopic (exact) mass is 240 g/mol. The lowest BCUT2D eigenvalue weighted by Crippen LogP contribution is -2.22. The highest BCUT2D eigenvalue weighted by atomic mass is 79.9. The molecule has 0 aliphatic heterocycles. The Morgan fingerprint density at radius 1 is 1.69 bits per heavy atom. The molecule has 0 aliphatic carbocycles. The summed E-state index contributed by atoms with van der Waals surface area (Å²) >= 11 is 3.29. The molecule has 0 atom stereocenters. The molecule has 13 heavy (non-hydrogen) atoms. The number of hydrogen-bond acceptors (Lipinski definition) is 2. The van der Waals surface area contributed by atoms with Gasteiger partial charge in [0.25, 0.3) is 5.56 Å². The smallest absolute Gasteiger partial charge is 0.254 e. The van der Waals surface area contributed by atoms with Crippen molar-refractivity contribution >= 4 is 15.9 Å². The van der Waals surface area contributed by atoms with E-state index in [0.29, 0.717) is 12.1 Å². The van der Waals surface area contributed by atoms with E-state index in [-0.39, 0.29) is 12.0 Å². The normalized spacial score (nSPS) is 9.62. The summed E-state index contributed by atoms with van der Waals surface area (Å²) in [5, 5.41) is 8.49. The molecule has 0 aromatic carbocycles. The molecule has 0 saturated heterocycles. The first kappa shape index (κ1) is 10.0. The quantitative estimate of drug-likeness (QED) is 0.790. The zero-order valence-electron chi connectivity index (χ0n) is 7.25. The van der Waals surface area contributed by atoms with E-state index in [1.807, 2.05) is 13.0 Å². The molecule has 0 N–H and O–H groups in total. The van der Waals surface area contributed by atoms with Crippen LogP contribution >= 0.6 is 15.9 Å². The molecule has 1 aromatic rings. The van der Waals surface area contributed by atoms with Crippen molar-refractivity contribution in [2.45, 2.75) is 19.9 Å². The van der Waals surface area contributed by atoms with Crippen LogP contribution in [0.5, 0.6) is 0 Å². The van der Waals surface area contributed by atoms with Crippen LogP contribution in [0, 0.1) is 11.3 Å². The number of hydrogen-bond donors (Lipinski definition) is 0. The topological polar surface area (TPSA) is 45.8 Å². The molecule has 0 radical (unpaired) electrons. The van der Waals surface area contributed by atoms with Gasteiger partial charge in [0.05, 0.1) is 12.5 Å². The first-order chi connectivity index (χ1) is 6.19. The van der Waals surface area contributed by atoms with Crippen LogP contribution in [0.3, 0.4) is 0 Å². The zero-order chi connectivity index (χ0) is 9.84. The van der Waals surface area contributed by atoms with Gasteiger partial charge in [0.15, 0.2) is 0 Å². The minimum absolute atomic E-state index is 0.0766. The fourth-order valence-corrected chi connectivity index (χ4v) is 1.63. The molecule has 0 saturated carbocycles. The van der Waals surface area contributed by atoms with Gasteiger partial charge in [-0.15, -0.1) is 0 Å². The highest BCUT2D eigenvalue weighted by molar-refractivity contribution is 9.10. The Balaban J connectivity index is 3.29. The molecule has 0 bridgehead atoms. The first-order valence-corrected chi connectivity index (χ1v) is 4.74. The fraction of sp³-hybridized carbons (Fsp3) is 0.333. The second kappa shape index (κ2) is 4.24. The molecule has 1 aromatic heterocycles. The molecular formula is C9H9BrN2O. The molecule has 0 aliphatic rings. The van der Waals surface area contributed by atoms with E-state index in [1.54, 1.807) is 16.8 Å². The van der Waals surface area contributed by atoms with Crippen LogP contribution < -0.4 is 5.56 Å². The minimum Gasteiger partial charge on any atom is -0.314 e. The van der Waals surface area contributed by atoms with Crippen LogP contribution in [-0.4, -0.2) is 4.57 Å². The number of pyridine rings is 1. The number of aromatic nitrogens is 1. The van der Waals surface area contributed by atoms with Crippen LogP contribution in [-0.2, 0) is 13.0 Å². The van der Waals surface area contributed by atoms with E-state index in [4.69, 9.17) is 5.26 Å². The largest absolute Gasteiger partial charge is 0.314 e. The predicted octanol–water partition coefficient (Wildman–Crippen LogP) is 1.70. The van der Waals surface area contributed by atoms with E-state index in [1.165, 1.54) is 0 Å². The van der Waals surface area contributed by atoms with Crippen molar-refractivity contribution in [3.05, 3.63) is 32.7 Å². The Labute approximate surface area is 84.7 Å². The highest BCUT2D eigenvalue weighted by Crippen LogP contribution is 2.08. The molecule has 0 unspecified atom stereocenters. The highest BCUT2D eigenvalue weighted by Gasteiger charge is 2.03. The third kappa shape index (κ3) is 2.19. The molecule has 4 heteroatoms. The van der Waals surface area contributed by atoms with Crippen LogP contribution in [0.4, 0.5) is 0 Å². The van der Waals surface area contributed by atoms with Crippen molar-refractivity contribution in [1.82, 2.24) is 4.57 Å². The number of nitriles is 1. The molecule has 3 nitrogen and oxygen atoms in total. The summed E-state index contributed by atoms with van der Waals surface area (Å²) in [7, 11) is 0. The van der Waals surface area contributed by atoms with Crippen molar-refractivity contribution in [3.8, 4) is 6.07 Å². The summed E-state index contributed by atoms with van der Waals surface area (Å²) in [5.74, 6) is 0. The van der Waals surface area contributed by atoms with E-state index in [0.717, 1.165) is 4.47 Å². The summed E-state index contributed by atoms with van der Waals surface area (Å²) in [5.41, 5.74) is 0.464. The second-order valence-corrected chi connectivity index (χ2v) is 3.53. The Kier molecular flexibility index (Phi) is 3.26. The van der Waals surface area contributed by atoms with Gasteiger partial charge in [-0.2, -0.15) is 5.26 Å². The minimum atomic E-state index is -0.0766. The maximum Gasteiger partial charge on any atom is 0.254 e. The van der Waals surface area contributed by atoms with Gasteiger partial charge in [0, 0.05) is 22.8 Å². The summed E-state index contributed by atoms with van der Waals surface area (Å²) in [6.45, 7) is 2.51. The van der Waals surface area contributed by atoms with Crippen molar-refractivity contribution < 1.29 is 0 Å². The predicted molar refractivity (Wildman–Crippen MR) is 53.4 cm³/mol. The van der Waals surface area contributed by atoms with Gasteiger partial charge in [-0.25, -0.2) is 0 Å². The molecule has 1 rings (SSSR count). The maximum absolute atomic E-state index is 11.5. The van der Waals surface area contributed by atoms with Crippen molar-refractivity contribution in [2.24, 2.45) is 0 Å². The fourth-order valence-electron chi connectivity index (χ4n) is 1.10. The van der Waals surface area contributed by atoms with Gasteiger partial charge < -0.3 is 4.57 Å².